The normalized spacial score (nSPS) is 9.40. The van der Waals surface area contributed by atoms with E-state index >= 15 is 0 Å². The van der Waals surface area contributed by atoms with Crippen molar-refractivity contribution in [2.45, 2.75) is 13.8 Å². The predicted molar refractivity (Wildman–Crippen MR) is 43.8 cm³/mol. The predicted octanol–water partition coefficient (Wildman–Crippen LogP) is 2.34. The largest absolute Gasteiger partial charge is 0.258 e. The molecule has 0 spiro atoms. The molecule has 1 heterocycles. The van der Waals surface area contributed by atoms with Gasteiger partial charge < -0.3 is 0 Å². The number of pyridine rings is 1. The molecular formula is C9H11N. The first-order valence-corrected chi connectivity index (χ1v) is 3.30. The Bertz CT molecular complexity index is 251. The van der Waals surface area contributed by atoms with Gasteiger partial charge in [-0.2, -0.15) is 0 Å². The van der Waals surface area contributed by atoms with Gasteiger partial charge in [-0.1, -0.05) is 18.7 Å². The van der Waals surface area contributed by atoms with Gasteiger partial charge in [0.2, 0.25) is 0 Å². The maximum atomic E-state index is 4.27. The lowest BCUT2D eigenvalue weighted by molar-refractivity contribution is 1.11. The number of nitrogens with zero attached hydrogens (tertiary/aromatic N) is 1. The highest BCUT2D eigenvalue weighted by molar-refractivity contribution is 5.49. The maximum absolute atomic E-state index is 4.27. The van der Waals surface area contributed by atoms with Gasteiger partial charge in [0.15, 0.2) is 0 Å². The molecule has 0 N–H and O–H groups in total. The highest BCUT2D eigenvalue weighted by Crippen LogP contribution is 2.06. The molecule has 0 saturated carbocycles. The van der Waals surface area contributed by atoms with Gasteiger partial charge in [-0.3, -0.25) is 4.98 Å². The lowest BCUT2D eigenvalue weighted by Gasteiger charge is -1.98. The second-order valence-electron chi connectivity index (χ2n) is 2.33. The molecule has 0 aromatic carbocycles. The van der Waals surface area contributed by atoms with Crippen molar-refractivity contribution in [1.29, 1.82) is 0 Å². The van der Waals surface area contributed by atoms with E-state index in [1.54, 1.807) is 0 Å². The van der Waals surface area contributed by atoms with Crippen LogP contribution in [0, 0.1) is 13.8 Å². The van der Waals surface area contributed by atoms with E-state index < -0.39 is 0 Å². The highest BCUT2D eigenvalue weighted by Gasteiger charge is 1.92. The second-order valence-corrected chi connectivity index (χ2v) is 2.33. The molecule has 1 aromatic rings. The zero-order chi connectivity index (χ0) is 7.56. The van der Waals surface area contributed by atoms with Crippen molar-refractivity contribution >= 4 is 6.08 Å². The fourth-order valence-corrected chi connectivity index (χ4v) is 0.913. The monoisotopic (exact) mass is 133 g/mol. The molecule has 1 aromatic heterocycles. The summed E-state index contributed by atoms with van der Waals surface area (Å²) in [5.74, 6) is 0. The van der Waals surface area contributed by atoms with Crippen molar-refractivity contribution in [3.05, 3.63) is 35.7 Å². The molecular weight excluding hydrogens is 122 g/mol. The molecule has 0 unspecified atom stereocenters. The van der Waals surface area contributed by atoms with Crippen molar-refractivity contribution in [2.24, 2.45) is 0 Å². The minimum atomic E-state index is 1.05. The van der Waals surface area contributed by atoms with E-state index in [2.05, 4.69) is 11.6 Å². The summed E-state index contributed by atoms with van der Waals surface area (Å²) in [4.78, 5) is 4.27. The van der Waals surface area contributed by atoms with Crippen LogP contribution in [0.2, 0.25) is 0 Å². The molecule has 0 bridgehead atoms. The van der Waals surface area contributed by atoms with Crippen LogP contribution in [0.15, 0.2) is 18.7 Å². The Balaban J connectivity index is 3.19. The topological polar surface area (TPSA) is 12.9 Å². The Morgan fingerprint density at radius 1 is 1.40 bits per heavy atom. The van der Waals surface area contributed by atoms with Gasteiger partial charge in [-0.15, -0.1) is 0 Å². The van der Waals surface area contributed by atoms with E-state index in [1.807, 2.05) is 32.1 Å². The van der Waals surface area contributed by atoms with Crippen LogP contribution in [0.3, 0.4) is 0 Å². The molecule has 0 amide bonds. The summed E-state index contributed by atoms with van der Waals surface area (Å²) in [6, 6.07) is 4.02. The first kappa shape index (κ1) is 7.00. The maximum Gasteiger partial charge on any atom is 0.0447 e. The van der Waals surface area contributed by atoms with Crippen LogP contribution in [-0.2, 0) is 0 Å². The standard InChI is InChI=1S/C9H11N/c1-4-9-6-5-7(2)10-8(9)3/h4-6H,1H2,2-3H3. The third kappa shape index (κ3) is 1.24. The first-order chi connectivity index (χ1) is 4.74. The van der Waals surface area contributed by atoms with E-state index in [9.17, 15) is 0 Å². The molecule has 0 saturated heterocycles. The summed E-state index contributed by atoms with van der Waals surface area (Å²) in [6.45, 7) is 7.66. The van der Waals surface area contributed by atoms with E-state index in [0.29, 0.717) is 0 Å². The van der Waals surface area contributed by atoms with Crippen molar-refractivity contribution in [1.82, 2.24) is 4.98 Å². The van der Waals surface area contributed by atoms with Crippen molar-refractivity contribution in [3.63, 3.8) is 0 Å². The molecule has 1 nitrogen and oxygen atoms in total. The molecule has 52 valence electrons. The molecule has 0 radical (unpaired) electrons. The third-order valence-corrected chi connectivity index (χ3v) is 1.49. The Labute approximate surface area is 61.4 Å². The van der Waals surface area contributed by atoms with Crippen LogP contribution in [0.4, 0.5) is 0 Å². The van der Waals surface area contributed by atoms with E-state index in [0.717, 1.165) is 17.0 Å². The Hall–Kier alpha value is -1.11. The van der Waals surface area contributed by atoms with Crippen molar-refractivity contribution in [2.75, 3.05) is 0 Å². The smallest absolute Gasteiger partial charge is 0.0447 e. The van der Waals surface area contributed by atoms with Gasteiger partial charge >= 0.3 is 0 Å². The van der Waals surface area contributed by atoms with E-state index in [4.69, 9.17) is 0 Å². The average Bonchev–Trinajstić information content (AvgIpc) is 1.88. The van der Waals surface area contributed by atoms with Crippen molar-refractivity contribution < 1.29 is 0 Å². The van der Waals surface area contributed by atoms with Crippen LogP contribution in [-0.4, -0.2) is 4.98 Å². The Morgan fingerprint density at radius 2 is 2.10 bits per heavy atom. The Morgan fingerprint density at radius 3 is 2.60 bits per heavy atom. The molecule has 0 atom stereocenters. The highest BCUT2D eigenvalue weighted by atomic mass is 14.7. The number of aromatic nitrogens is 1. The fourth-order valence-electron chi connectivity index (χ4n) is 0.913. The lowest BCUT2D eigenvalue weighted by atomic mass is 10.2. The van der Waals surface area contributed by atoms with E-state index in [-0.39, 0.29) is 0 Å². The second kappa shape index (κ2) is 2.65. The van der Waals surface area contributed by atoms with Crippen LogP contribution >= 0.6 is 0 Å². The third-order valence-electron chi connectivity index (χ3n) is 1.49. The number of hydrogen-bond donors (Lipinski definition) is 0. The summed E-state index contributed by atoms with van der Waals surface area (Å²) in [5.41, 5.74) is 3.23. The zero-order valence-corrected chi connectivity index (χ0v) is 6.39. The van der Waals surface area contributed by atoms with Gasteiger partial charge in [-0.25, -0.2) is 0 Å². The molecule has 1 rings (SSSR count). The molecule has 0 aliphatic carbocycles. The molecule has 0 aliphatic heterocycles. The molecule has 1 heteroatoms. The van der Waals surface area contributed by atoms with Gasteiger partial charge in [0, 0.05) is 11.4 Å². The quantitative estimate of drug-likeness (QED) is 0.573. The number of rotatable bonds is 1. The molecule has 10 heavy (non-hydrogen) atoms. The first-order valence-electron chi connectivity index (χ1n) is 3.30. The Kier molecular flexibility index (Phi) is 1.86. The minimum absolute atomic E-state index is 1.05. The summed E-state index contributed by atoms with van der Waals surface area (Å²) in [7, 11) is 0. The van der Waals surface area contributed by atoms with Gasteiger partial charge in [0.05, 0.1) is 0 Å². The van der Waals surface area contributed by atoms with Crippen LogP contribution in [0.25, 0.3) is 6.08 Å². The zero-order valence-electron chi connectivity index (χ0n) is 6.39. The van der Waals surface area contributed by atoms with Crippen LogP contribution < -0.4 is 0 Å². The number of aryl methyl sites for hydroxylation is 2. The minimum Gasteiger partial charge on any atom is -0.258 e. The fraction of sp³-hybridized carbons (Fsp3) is 0.222. The summed E-state index contributed by atoms with van der Waals surface area (Å²) < 4.78 is 0. The van der Waals surface area contributed by atoms with Crippen molar-refractivity contribution in [3.8, 4) is 0 Å². The number of hydrogen-bond acceptors (Lipinski definition) is 1. The van der Waals surface area contributed by atoms with Crippen LogP contribution in [0.5, 0.6) is 0 Å². The van der Waals surface area contributed by atoms with E-state index in [1.165, 1.54) is 0 Å². The van der Waals surface area contributed by atoms with Gasteiger partial charge in [0.25, 0.3) is 0 Å². The van der Waals surface area contributed by atoms with Gasteiger partial charge in [0.1, 0.15) is 0 Å². The molecule has 0 aliphatic rings. The summed E-state index contributed by atoms with van der Waals surface area (Å²) in [5, 5.41) is 0. The average molecular weight is 133 g/mol. The summed E-state index contributed by atoms with van der Waals surface area (Å²) >= 11 is 0. The SMILES string of the molecule is C=Cc1ccc(C)nc1C. The van der Waals surface area contributed by atoms with Gasteiger partial charge in [-0.05, 0) is 25.5 Å². The molecule has 0 fully saturated rings. The lowest BCUT2D eigenvalue weighted by Crippen LogP contribution is -1.87. The van der Waals surface area contributed by atoms with Crippen LogP contribution in [0.1, 0.15) is 17.0 Å². The summed E-state index contributed by atoms with van der Waals surface area (Å²) in [6.07, 6.45) is 1.82.